The van der Waals surface area contributed by atoms with Crippen molar-refractivity contribution in [2.45, 2.75) is 25.8 Å². The molecule has 0 spiro atoms. The lowest BCUT2D eigenvalue weighted by Crippen LogP contribution is -2.38. The van der Waals surface area contributed by atoms with Gasteiger partial charge in [-0.2, -0.15) is 0 Å². The molecule has 1 aromatic carbocycles. The van der Waals surface area contributed by atoms with Crippen molar-refractivity contribution in [3.63, 3.8) is 0 Å². The maximum absolute atomic E-state index is 12.3. The van der Waals surface area contributed by atoms with Gasteiger partial charge < -0.3 is 15.8 Å². The predicted molar refractivity (Wildman–Crippen MR) is 80.4 cm³/mol. The number of hydrogen-bond donors (Lipinski definition) is 2. The van der Waals surface area contributed by atoms with E-state index in [2.05, 4.69) is 24.1 Å². The van der Waals surface area contributed by atoms with Crippen molar-refractivity contribution < 1.29 is 9.53 Å². The number of nitrogens with one attached hydrogen (secondary N) is 1. The lowest BCUT2D eigenvalue weighted by molar-refractivity contribution is 0.0891. The van der Waals surface area contributed by atoms with Crippen LogP contribution in [0.1, 0.15) is 35.7 Å². The number of hydrogen-bond acceptors (Lipinski definition) is 3. The number of methoxy groups -OCH3 is 1. The zero-order valence-electron chi connectivity index (χ0n) is 12.1. The SMILES string of the molecule is CCCC(COC)NC(=O)c1ccccc1C#CCN. The number of ether oxygens (including phenoxy) is 1. The lowest BCUT2D eigenvalue weighted by atomic mass is 10.1. The maximum Gasteiger partial charge on any atom is 0.252 e. The van der Waals surface area contributed by atoms with Crippen LogP contribution in [0.15, 0.2) is 24.3 Å². The molecule has 4 heteroatoms. The van der Waals surface area contributed by atoms with Crippen molar-refractivity contribution in [3.8, 4) is 11.8 Å². The van der Waals surface area contributed by atoms with Gasteiger partial charge in [-0.3, -0.25) is 4.79 Å². The first kappa shape index (κ1) is 16.2. The molecule has 4 nitrogen and oxygen atoms in total. The minimum atomic E-state index is -0.123. The topological polar surface area (TPSA) is 64.3 Å². The van der Waals surface area contributed by atoms with Crippen molar-refractivity contribution in [3.05, 3.63) is 35.4 Å². The number of rotatable bonds is 6. The second-order valence-corrected chi connectivity index (χ2v) is 4.47. The number of carbonyl (C=O) groups excluding carboxylic acids is 1. The molecule has 3 N–H and O–H groups in total. The molecule has 0 aromatic heterocycles. The molecule has 1 unspecified atom stereocenters. The van der Waals surface area contributed by atoms with Gasteiger partial charge in [-0.15, -0.1) is 0 Å². The van der Waals surface area contributed by atoms with Gasteiger partial charge in [-0.1, -0.05) is 37.3 Å². The molecule has 1 amide bonds. The van der Waals surface area contributed by atoms with Crippen LogP contribution in [0.25, 0.3) is 0 Å². The Morgan fingerprint density at radius 2 is 2.20 bits per heavy atom. The molecule has 0 aliphatic carbocycles. The highest BCUT2D eigenvalue weighted by Gasteiger charge is 2.14. The van der Waals surface area contributed by atoms with E-state index in [1.54, 1.807) is 13.2 Å². The highest BCUT2D eigenvalue weighted by molar-refractivity contribution is 5.96. The number of benzene rings is 1. The van der Waals surface area contributed by atoms with E-state index < -0.39 is 0 Å². The molecule has 0 radical (unpaired) electrons. The van der Waals surface area contributed by atoms with Gasteiger partial charge >= 0.3 is 0 Å². The molecule has 1 atom stereocenters. The van der Waals surface area contributed by atoms with Crippen LogP contribution in [0.5, 0.6) is 0 Å². The van der Waals surface area contributed by atoms with Crippen LogP contribution in [0.2, 0.25) is 0 Å². The van der Waals surface area contributed by atoms with Gasteiger partial charge in [0.25, 0.3) is 5.91 Å². The molecule has 0 heterocycles. The quantitative estimate of drug-likeness (QED) is 0.773. The summed E-state index contributed by atoms with van der Waals surface area (Å²) in [6, 6.07) is 7.30. The molecule has 1 rings (SSSR count). The molecule has 0 saturated carbocycles. The highest BCUT2D eigenvalue weighted by atomic mass is 16.5. The smallest absolute Gasteiger partial charge is 0.252 e. The summed E-state index contributed by atoms with van der Waals surface area (Å²) in [6.07, 6.45) is 1.87. The van der Waals surface area contributed by atoms with Crippen molar-refractivity contribution in [1.29, 1.82) is 0 Å². The monoisotopic (exact) mass is 274 g/mol. The third-order valence-electron chi connectivity index (χ3n) is 2.84. The molecule has 0 aliphatic rings. The zero-order valence-corrected chi connectivity index (χ0v) is 12.1. The van der Waals surface area contributed by atoms with E-state index in [4.69, 9.17) is 10.5 Å². The fourth-order valence-corrected chi connectivity index (χ4v) is 1.95. The molecule has 20 heavy (non-hydrogen) atoms. The molecular weight excluding hydrogens is 252 g/mol. The van der Waals surface area contributed by atoms with E-state index in [-0.39, 0.29) is 18.5 Å². The lowest BCUT2D eigenvalue weighted by Gasteiger charge is -2.17. The standard InChI is InChI=1S/C16H22N2O2/c1-3-7-14(12-20-2)18-16(19)15-10-5-4-8-13(15)9-6-11-17/h4-5,8,10,14H,3,7,11-12,17H2,1-2H3,(H,18,19). The van der Waals surface area contributed by atoms with Crippen molar-refractivity contribution in [2.24, 2.45) is 5.73 Å². The van der Waals surface area contributed by atoms with Crippen LogP contribution in [0.4, 0.5) is 0 Å². The Morgan fingerprint density at radius 1 is 1.45 bits per heavy atom. The van der Waals surface area contributed by atoms with Crippen LogP contribution in [-0.2, 0) is 4.74 Å². The average molecular weight is 274 g/mol. The summed E-state index contributed by atoms with van der Waals surface area (Å²) in [7, 11) is 1.63. The summed E-state index contributed by atoms with van der Waals surface area (Å²) < 4.78 is 5.13. The molecule has 0 bridgehead atoms. The van der Waals surface area contributed by atoms with Crippen molar-refractivity contribution in [1.82, 2.24) is 5.32 Å². The third-order valence-corrected chi connectivity index (χ3v) is 2.84. The minimum Gasteiger partial charge on any atom is -0.383 e. The van der Waals surface area contributed by atoms with Gasteiger partial charge in [0.15, 0.2) is 0 Å². The molecule has 0 aliphatic heterocycles. The van der Waals surface area contributed by atoms with Gasteiger partial charge in [-0.05, 0) is 18.6 Å². The Labute approximate surface area is 120 Å². The summed E-state index contributed by atoms with van der Waals surface area (Å²) >= 11 is 0. The van der Waals surface area contributed by atoms with Crippen LogP contribution >= 0.6 is 0 Å². The van der Waals surface area contributed by atoms with E-state index in [0.717, 1.165) is 12.8 Å². The van der Waals surface area contributed by atoms with Crippen LogP contribution in [0.3, 0.4) is 0 Å². The van der Waals surface area contributed by atoms with E-state index in [0.29, 0.717) is 17.7 Å². The van der Waals surface area contributed by atoms with Crippen molar-refractivity contribution >= 4 is 5.91 Å². The Hall–Kier alpha value is -1.83. The van der Waals surface area contributed by atoms with E-state index in [9.17, 15) is 4.79 Å². The first-order valence-corrected chi connectivity index (χ1v) is 6.80. The van der Waals surface area contributed by atoms with Gasteiger partial charge in [0.1, 0.15) is 0 Å². The summed E-state index contributed by atoms with van der Waals surface area (Å²) in [5.74, 6) is 5.58. The first-order chi connectivity index (χ1) is 9.72. The van der Waals surface area contributed by atoms with Gasteiger partial charge in [-0.25, -0.2) is 0 Å². The molecular formula is C16H22N2O2. The van der Waals surface area contributed by atoms with E-state index >= 15 is 0 Å². The second kappa shape index (κ2) is 9.13. The minimum absolute atomic E-state index is 0.0213. The van der Waals surface area contributed by atoms with E-state index in [1.807, 2.05) is 18.2 Å². The van der Waals surface area contributed by atoms with Gasteiger partial charge in [0, 0.05) is 12.7 Å². The van der Waals surface area contributed by atoms with E-state index in [1.165, 1.54) is 0 Å². The number of nitrogens with two attached hydrogens (primary N) is 1. The largest absolute Gasteiger partial charge is 0.383 e. The predicted octanol–water partition coefficient (Wildman–Crippen LogP) is 1.54. The highest BCUT2D eigenvalue weighted by Crippen LogP contribution is 2.08. The Balaban J connectivity index is 2.85. The Kier molecular flexibility index (Phi) is 7.41. The van der Waals surface area contributed by atoms with Crippen LogP contribution in [0, 0.1) is 11.8 Å². The molecule has 0 saturated heterocycles. The molecule has 1 aromatic rings. The maximum atomic E-state index is 12.3. The molecule has 108 valence electrons. The summed E-state index contributed by atoms with van der Waals surface area (Å²) in [6.45, 7) is 2.86. The summed E-state index contributed by atoms with van der Waals surface area (Å²) in [5, 5.41) is 2.99. The number of carbonyl (C=O) groups is 1. The Morgan fingerprint density at radius 3 is 2.85 bits per heavy atom. The third kappa shape index (κ3) is 5.04. The summed E-state index contributed by atoms with van der Waals surface area (Å²) in [4.78, 5) is 12.3. The zero-order chi connectivity index (χ0) is 14.8. The molecule has 0 fully saturated rings. The average Bonchev–Trinajstić information content (AvgIpc) is 2.46. The van der Waals surface area contributed by atoms with Crippen molar-refractivity contribution in [2.75, 3.05) is 20.3 Å². The number of amides is 1. The summed E-state index contributed by atoms with van der Waals surface area (Å²) in [5.41, 5.74) is 6.64. The normalized spacial score (nSPS) is 11.3. The second-order valence-electron chi connectivity index (χ2n) is 4.47. The Bertz CT molecular complexity index is 483. The first-order valence-electron chi connectivity index (χ1n) is 6.80. The van der Waals surface area contributed by atoms with Crippen LogP contribution < -0.4 is 11.1 Å². The van der Waals surface area contributed by atoms with Gasteiger partial charge in [0.05, 0.1) is 24.8 Å². The van der Waals surface area contributed by atoms with Gasteiger partial charge in [0.2, 0.25) is 0 Å². The fourth-order valence-electron chi connectivity index (χ4n) is 1.95. The van der Waals surface area contributed by atoms with Crippen LogP contribution in [-0.4, -0.2) is 32.2 Å². The fraction of sp³-hybridized carbons (Fsp3) is 0.438.